The summed E-state index contributed by atoms with van der Waals surface area (Å²) < 4.78 is 0. The molecule has 3 aliphatic rings. The number of benzene rings is 1. The van der Waals surface area contributed by atoms with Crippen LogP contribution in [-0.4, -0.2) is 11.8 Å². The lowest BCUT2D eigenvalue weighted by Crippen LogP contribution is -2.33. The van der Waals surface area contributed by atoms with Gasteiger partial charge in [0, 0.05) is 4.90 Å². The summed E-state index contributed by atoms with van der Waals surface area (Å²) in [5, 5.41) is 0. The molecule has 2 amide bonds. The maximum absolute atomic E-state index is 12.6. The summed E-state index contributed by atoms with van der Waals surface area (Å²) in [4.78, 5) is 27.2. The molecule has 4 rings (SSSR count). The topological polar surface area (TPSA) is 37.4 Å². The SMILES string of the molecule is O=C1C2C3C=CC(C3)C2C(=O)N1c1ccccc1S. The van der Waals surface area contributed by atoms with Crippen LogP contribution >= 0.6 is 12.6 Å². The van der Waals surface area contributed by atoms with Gasteiger partial charge in [-0.25, -0.2) is 4.90 Å². The number of hydrogen-bond donors (Lipinski definition) is 1. The van der Waals surface area contributed by atoms with Crippen molar-refractivity contribution in [2.24, 2.45) is 23.7 Å². The van der Waals surface area contributed by atoms with E-state index >= 15 is 0 Å². The molecule has 1 saturated heterocycles. The Kier molecular flexibility index (Phi) is 2.22. The van der Waals surface area contributed by atoms with Gasteiger partial charge in [-0.1, -0.05) is 24.3 Å². The fourth-order valence-electron chi connectivity index (χ4n) is 3.79. The van der Waals surface area contributed by atoms with Gasteiger partial charge in [0.2, 0.25) is 11.8 Å². The number of para-hydroxylation sites is 1. The summed E-state index contributed by atoms with van der Waals surface area (Å²) in [6.07, 6.45) is 5.17. The second-order valence-corrected chi connectivity index (χ2v) is 5.98. The number of nitrogens with zero attached hydrogens (tertiary/aromatic N) is 1. The molecule has 4 atom stereocenters. The van der Waals surface area contributed by atoms with Gasteiger partial charge < -0.3 is 0 Å². The minimum absolute atomic E-state index is 0.0478. The van der Waals surface area contributed by atoms with Gasteiger partial charge in [0.1, 0.15) is 0 Å². The van der Waals surface area contributed by atoms with Gasteiger partial charge in [-0.3, -0.25) is 9.59 Å². The van der Waals surface area contributed by atoms with Crippen LogP contribution in [0.5, 0.6) is 0 Å². The fraction of sp³-hybridized carbons (Fsp3) is 0.333. The third-order valence-electron chi connectivity index (χ3n) is 4.59. The van der Waals surface area contributed by atoms with Gasteiger partial charge in [-0.15, -0.1) is 12.6 Å². The van der Waals surface area contributed by atoms with E-state index in [9.17, 15) is 9.59 Å². The monoisotopic (exact) mass is 271 g/mol. The van der Waals surface area contributed by atoms with Gasteiger partial charge >= 0.3 is 0 Å². The quantitative estimate of drug-likeness (QED) is 0.483. The number of thiol groups is 1. The van der Waals surface area contributed by atoms with Crippen molar-refractivity contribution in [3.8, 4) is 0 Å². The predicted octanol–water partition coefficient (Wildman–Crippen LogP) is 2.29. The first-order valence-corrected chi connectivity index (χ1v) is 6.97. The highest BCUT2D eigenvalue weighted by Gasteiger charge is 2.59. The van der Waals surface area contributed by atoms with Crippen LogP contribution in [-0.2, 0) is 9.59 Å². The van der Waals surface area contributed by atoms with Crippen LogP contribution in [0.25, 0.3) is 0 Å². The van der Waals surface area contributed by atoms with E-state index in [4.69, 9.17) is 0 Å². The number of amides is 2. The summed E-state index contributed by atoms with van der Waals surface area (Å²) in [6, 6.07) is 7.27. The number of rotatable bonds is 1. The highest BCUT2D eigenvalue weighted by molar-refractivity contribution is 7.80. The van der Waals surface area contributed by atoms with Crippen molar-refractivity contribution in [1.29, 1.82) is 0 Å². The Labute approximate surface area is 116 Å². The lowest BCUT2D eigenvalue weighted by Gasteiger charge is -2.18. The molecule has 2 fully saturated rings. The molecule has 0 radical (unpaired) electrons. The number of imide groups is 1. The smallest absolute Gasteiger partial charge is 0.238 e. The molecule has 19 heavy (non-hydrogen) atoms. The number of carbonyl (C=O) groups excluding carboxylic acids is 2. The molecule has 3 nitrogen and oxygen atoms in total. The molecule has 4 heteroatoms. The lowest BCUT2D eigenvalue weighted by atomic mass is 9.85. The molecule has 1 heterocycles. The third kappa shape index (κ3) is 1.35. The van der Waals surface area contributed by atoms with E-state index in [1.165, 1.54) is 4.90 Å². The van der Waals surface area contributed by atoms with Crippen LogP contribution < -0.4 is 4.90 Å². The minimum atomic E-state index is -0.143. The molecule has 1 aliphatic heterocycles. The van der Waals surface area contributed by atoms with Gasteiger partial charge in [0.25, 0.3) is 0 Å². The van der Waals surface area contributed by atoms with E-state index < -0.39 is 0 Å². The molecular weight excluding hydrogens is 258 g/mol. The van der Waals surface area contributed by atoms with Crippen LogP contribution in [0.15, 0.2) is 41.3 Å². The Bertz CT molecular complexity index is 594. The molecule has 2 bridgehead atoms. The standard InChI is InChI=1S/C15H13NO2S/c17-14-12-8-5-6-9(7-8)13(12)15(18)16(14)10-3-1-2-4-11(10)19/h1-6,8-9,12-13,19H,7H2. The van der Waals surface area contributed by atoms with Gasteiger partial charge in [-0.2, -0.15) is 0 Å². The first-order valence-electron chi connectivity index (χ1n) is 6.52. The molecule has 1 aromatic carbocycles. The van der Waals surface area contributed by atoms with Crippen molar-refractivity contribution in [3.63, 3.8) is 0 Å². The van der Waals surface area contributed by atoms with Crippen LogP contribution in [0, 0.1) is 23.7 Å². The van der Waals surface area contributed by atoms with Crippen LogP contribution in [0.4, 0.5) is 5.69 Å². The molecular formula is C15H13NO2S. The zero-order valence-corrected chi connectivity index (χ0v) is 11.1. The molecule has 0 aromatic heterocycles. The van der Waals surface area contributed by atoms with Crippen LogP contribution in [0.2, 0.25) is 0 Å². The average molecular weight is 271 g/mol. The molecule has 2 aliphatic carbocycles. The molecule has 0 N–H and O–H groups in total. The highest BCUT2D eigenvalue weighted by Crippen LogP contribution is 2.53. The van der Waals surface area contributed by atoms with Crippen molar-refractivity contribution >= 4 is 30.1 Å². The zero-order valence-electron chi connectivity index (χ0n) is 10.2. The number of carbonyl (C=O) groups is 2. The van der Waals surface area contributed by atoms with E-state index in [1.807, 2.05) is 12.1 Å². The van der Waals surface area contributed by atoms with Crippen molar-refractivity contribution in [3.05, 3.63) is 36.4 Å². The Hall–Kier alpha value is -1.55. The molecule has 1 aromatic rings. The Balaban J connectivity index is 1.79. The van der Waals surface area contributed by atoms with E-state index in [1.54, 1.807) is 12.1 Å². The van der Waals surface area contributed by atoms with Crippen molar-refractivity contribution < 1.29 is 9.59 Å². The first-order chi connectivity index (χ1) is 9.18. The summed E-state index contributed by atoms with van der Waals surface area (Å²) >= 11 is 4.36. The Morgan fingerprint density at radius 3 is 2.16 bits per heavy atom. The first kappa shape index (κ1) is 11.3. The van der Waals surface area contributed by atoms with Crippen LogP contribution in [0.3, 0.4) is 0 Å². The highest BCUT2D eigenvalue weighted by atomic mass is 32.1. The van der Waals surface area contributed by atoms with Gasteiger partial charge in [0.15, 0.2) is 0 Å². The van der Waals surface area contributed by atoms with E-state index in [0.29, 0.717) is 10.6 Å². The second-order valence-electron chi connectivity index (χ2n) is 5.50. The van der Waals surface area contributed by atoms with Crippen molar-refractivity contribution in [2.75, 3.05) is 4.90 Å². The van der Waals surface area contributed by atoms with Gasteiger partial charge in [0.05, 0.1) is 17.5 Å². The molecule has 96 valence electrons. The van der Waals surface area contributed by atoms with Gasteiger partial charge in [-0.05, 0) is 30.4 Å². The Morgan fingerprint density at radius 1 is 1.00 bits per heavy atom. The summed E-state index contributed by atoms with van der Waals surface area (Å²) in [5.41, 5.74) is 0.620. The second kappa shape index (κ2) is 3.73. The Morgan fingerprint density at radius 2 is 1.58 bits per heavy atom. The fourth-order valence-corrected chi connectivity index (χ4v) is 4.05. The van der Waals surface area contributed by atoms with Crippen LogP contribution in [0.1, 0.15) is 6.42 Å². The van der Waals surface area contributed by atoms with Crippen molar-refractivity contribution in [1.82, 2.24) is 0 Å². The largest absolute Gasteiger partial charge is 0.274 e. The summed E-state index contributed by atoms with van der Waals surface area (Å²) in [7, 11) is 0. The lowest BCUT2D eigenvalue weighted by molar-refractivity contribution is -0.123. The molecule has 1 saturated carbocycles. The predicted molar refractivity (Wildman–Crippen MR) is 73.9 cm³/mol. The number of hydrogen-bond acceptors (Lipinski definition) is 3. The van der Waals surface area contributed by atoms with E-state index in [2.05, 4.69) is 24.8 Å². The van der Waals surface area contributed by atoms with E-state index in [0.717, 1.165) is 6.42 Å². The maximum Gasteiger partial charge on any atom is 0.238 e. The number of fused-ring (bicyclic) bond motifs is 5. The maximum atomic E-state index is 12.6. The molecule has 0 spiro atoms. The van der Waals surface area contributed by atoms with E-state index in [-0.39, 0.29) is 35.5 Å². The molecule has 4 unspecified atom stereocenters. The summed E-state index contributed by atoms with van der Waals surface area (Å²) in [5.74, 6) is 0.125. The minimum Gasteiger partial charge on any atom is -0.274 e. The average Bonchev–Trinajstić information content (AvgIpc) is 3.06. The zero-order chi connectivity index (χ0) is 13.1. The third-order valence-corrected chi connectivity index (χ3v) is 4.97. The number of anilines is 1. The summed E-state index contributed by atoms with van der Waals surface area (Å²) in [6.45, 7) is 0. The number of allylic oxidation sites excluding steroid dienone is 2. The normalized spacial score (nSPS) is 35.3. The van der Waals surface area contributed by atoms with Crippen molar-refractivity contribution in [2.45, 2.75) is 11.3 Å².